The van der Waals surface area contributed by atoms with Gasteiger partial charge in [0.2, 0.25) is 0 Å². The molecule has 1 rings (SSSR count). The van der Waals surface area contributed by atoms with E-state index in [0.29, 0.717) is 0 Å². The Hall–Kier alpha value is -2.05. The largest absolute Gasteiger partial charge is 0.443 e. The predicted molar refractivity (Wildman–Crippen MR) is 55.5 cm³/mol. The third-order valence-corrected chi connectivity index (χ3v) is 1.41. The summed E-state index contributed by atoms with van der Waals surface area (Å²) < 4.78 is 6.09. The van der Waals surface area contributed by atoms with Crippen LogP contribution in [0.25, 0.3) is 0 Å². The summed E-state index contributed by atoms with van der Waals surface area (Å²) in [7, 11) is 0. The van der Waals surface area contributed by atoms with Crippen molar-refractivity contribution in [2.24, 2.45) is 0 Å². The molecule has 0 saturated carbocycles. The van der Waals surface area contributed by atoms with E-state index in [-0.39, 0.29) is 0 Å². The summed E-state index contributed by atoms with van der Waals surface area (Å²) in [5, 5.41) is 0. The van der Waals surface area contributed by atoms with Gasteiger partial charge in [0.15, 0.2) is 0 Å². The second kappa shape index (κ2) is 4.65. The molecule has 0 aliphatic carbocycles. The van der Waals surface area contributed by atoms with Gasteiger partial charge in [-0.1, -0.05) is 0 Å². The second-order valence-corrected chi connectivity index (χ2v) is 4.03. The van der Waals surface area contributed by atoms with Gasteiger partial charge >= 0.3 is 12.1 Å². The Morgan fingerprint density at radius 3 is 2.50 bits per heavy atom. The molecule has 7 nitrogen and oxygen atoms in total. The predicted octanol–water partition coefficient (Wildman–Crippen LogP) is 0.880. The van der Waals surface area contributed by atoms with Gasteiger partial charge in [0.1, 0.15) is 11.9 Å². The number of nitrogens with one attached hydrogen (secondary N) is 2. The van der Waals surface area contributed by atoms with Crippen molar-refractivity contribution in [2.75, 3.05) is 0 Å². The van der Waals surface area contributed by atoms with E-state index >= 15 is 0 Å². The second-order valence-electron chi connectivity index (χ2n) is 4.03. The van der Waals surface area contributed by atoms with Crippen molar-refractivity contribution in [3.05, 3.63) is 18.7 Å². The minimum Gasteiger partial charge on any atom is -0.443 e. The first kappa shape index (κ1) is 12.0. The van der Waals surface area contributed by atoms with Crippen LogP contribution >= 0.6 is 0 Å². The van der Waals surface area contributed by atoms with Gasteiger partial charge in [-0.2, -0.15) is 0 Å². The molecule has 88 valence electrons. The molecule has 0 fully saturated rings. The van der Waals surface area contributed by atoms with Gasteiger partial charge in [0.05, 0.1) is 0 Å². The topological polar surface area (TPSA) is 85.3 Å². The van der Waals surface area contributed by atoms with Crippen molar-refractivity contribution in [1.82, 2.24) is 20.4 Å². The fourth-order valence-corrected chi connectivity index (χ4v) is 0.852. The molecule has 1 heterocycles. The van der Waals surface area contributed by atoms with Gasteiger partial charge < -0.3 is 4.74 Å². The number of aromatic nitrogens is 2. The van der Waals surface area contributed by atoms with Crippen molar-refractivity contribution in [2.45, 2.75) is 26.4 Å². The van der Waals surface area contributed by atoms with Gasteiger partial charge in [-0.15, -0.1) is 0 Å². The molecule has 0 aliphatic heterocycles. The normalized spacial score (nSPS) is 10.7. The first-order chi connectivity index (χ1) is 7.38. The fraction of sp³-hybridized carbons (Fsp3) is 0.444. The lowest BCUT2D eigenvalue weighted by molar-refractivity contribution is 0.0505. The van der Waals surface area contributed by atoms with Crippen LogP contribution < -0.4 is 10.9 Å². The summed E-state index contributed by atoms with van der Waals surface area (Å²) in [4.78, 5) is 26.2. The average Bonchev–Trinajstić information content (AvgIpc) is 2.64. The Morgan fingerprint density at radius 2 is 2.00 bits per heavy atom. The minimum atomic E-state index is -0.721. The average molecular weight is 226 g/mol. The van der Waals surface area contributed by atoms with Gasteiger partial charge in [-0.25, -0.2) is 25.4 Å². The van der Waals surface area contributed by atoms with Crippen LogP contribution in [-0.2, 0) is 4.74 Å². The number of hydrazine groups is 1. The zero-order chi connectivity index (χ0) is 12.2. The highest BCUT2D eigenvalue weighted by molar-refractivity contribution is 5.79. The molecule has 0 bridgehead atoms. The quantitative estimate of drug-likeness (QED) is 0.643. The highest BCUT2D eigenvalue weighted by atomic mass is 16.6. The number of imidazole rings is 1. The maximum absolute atomic E-state index is 11.3. The molecule has 7 heteroatoms. The van der Waals surface area contributed by atoms with Crippen molar-refractivity contribution >= 4 is 12.1 Å². The maximum Gasteiger partial charge on any atom is 0.426 e. The minimum absolute atomic E-state index is 0.525. The Balaban J connectivity index is 2.35. The number of carbonyl (C=O) groups excluding carboxylic acids is 2. The summed E-state index contributed by atoms with van der Waals surface area (Å²) >= 11 is 0. The molecule has 0 atom stereocenters. The van der Waals surface area contributed by atoms with Crippen LogP contribution in [0.1, 0.15) is 20.8 Å². The number of amides is 2. The Bertz CT molecular complexity index is 367. The van der Waals surface area contributed by atoms with Crippen molar-refractivity contribution < 1.29 is 14.3 Å². The number of nitrogens with zero attached hydrogens (tertiary/aromatic N) is 2. The van der Waals surface area contributed by atoms with Crippen LogP contribution in [0, 0.1) is 0 Å². The fourth-order valence-electron chi connectivity index (χ4n) is 0.852. The molecular weight excluding hydrogens is 212 g/mol. The molecule has 2 N–H and O–H groups in total. The first-order valence-electron chi connectivity index (χ1n) is 4.66. The molecule has 0 saturated heterocycles. The maximum atomic E-state index is 11.3. The third-order valence-electron chi connectivity index (χ3n) is 1.41. The lowest BCUT2D eigenvalue weighted by Gasteiger charge is -2.19. The highest BCUT2D eigenvalue weighted by Crippen LogP contribution is 2.05. The van der Waals surface area contributed by atoms with Gasteiger partial charge in [-0.05, 0) is 20.8 Å². The van der Waals surface area contributed by atoms with Crippen LogP contribution in [-0.4, -0.2) is 27.3 Å². The van der Waals surface area contributed by atoms with Crippen LogP contribution in [0.5, 0.6) is 0 Å². The molecule has 1 aromatic rings. The molecule has 0 aromatic carbocycles. The Kier molecular flexibility index (Phi) is 3.49. The van der Waals surface area contributed by atoms with Crippen LogP contribution in [0.3, 0.4) is 0 Å². The van der Waals surface area contributed by atoms with E-state index < -0.39 is 17.7 Å². The lowest BCUT2D eigenvalue weighted by Crippen LogP contribution is -2.45. The van der Waals surface area contributed by atoms with E-state index in [1.165, 1.54) is 23.3 Å². The van der Waals surface area contributed by atoms with Gasteiger partial charge in [0, 0.05) is 12.4 Å². The smallest absolute Gasteiger partial charge is 0.426 e. The van der Waals surface area contributed by atoms with Crippen molar-refractivity contribution in [1.29, 1.82) is 0 Å². The number of carbonyl (C=O) groups is 2. The number of rotatable bonds is 0. The monoisotopic (exact) mass is 226 g/mol. The SMILES string of the molecule is CC(C)(C)OC(=O)NNC(=O)n1ccnc1. The number of hydrogen-bond acceptors (Lipinski definition) is 4. The summed E-state index contributed by atoms with van der Waals surface area (Å²) in [5.74, 6) is 0. The molecular formula is C9H14N4O3. The molecule has 0 aliphatic rings. The van der Waals surface area contributed by atoms with E-state index in [0.717, 1.165) is 0 Å². The molecule has 1 aromatic heterocycles. The van der Waals surface area contributed by atoms with E-state index in [9.17, 15) is 9.59 Å². The third kappa shape index (κ3) is 3.99. The molecule has 16 heavy (non-hydrogen) atoms. The molecule has 2 amide bonds. The Morgan fingerprint density at radius 1 is 1.31 bits per heavy atom. The van der Waals surface area contributed by atoms with E-state index in [4.69, 9.17) is 4.74 Å². The molecule has 0 unspecified atom stereocenters. The molecule has 0 radical (unpaired) electrons. The van der Waals surface area contributed by atoms with Crippen molar-refractivity contribution in [3.63, 3.8) is 0 Å². The van der Waals surface area contributed by atoms with Crippen molar-refractivity contribution in [3.8, 4) is 0 Å². The van der Waals surface area contributed by atoms with Crippen LogP contribution in [0.4, 0.5) is 9.59 Å². The number of hydrogen-bond donors (Lipinski definition) is 2. The van der Waals surface area contributed by atoms with Crippen LogP contribution in [0.2, 0.25) is 0 Å². The van der Waals surface area contributed by atoms with E-state index in [2.05, 4.69) is 15.8 Å². The van der Waals surface area contributed by atoms with Gasteiger partial charge in [0.25, 0.3) is 0 Å². The summed E-state index contributed by atoms with van der Waals surface area (Å²) in [6.07, 6.45) is 3.49. The molecule has 0 spiro atoms. The van der Waals surface area contributed by atoms with Crippen LogP contribution in [0.15, 0.2) is 18.7 Å². The summed E-state index contributed by atoms with van der Waals surface area (Å²) in [6.45, 7) is 5.18. The lowest BCUT2D eigenvalue weighted by atomic mass is 10.2. The first-order valence-corrected chi connectivity index (χ1v) is 4.66. The zero-order valence-corrected chi connectivity index (χ0v) is 9.35. The highest BCUT2D eigenvalue weighted by Gasteiger charge is 2.16. The van der Waals surface area contributed by atoms with Gasteiger partial charge in [-0.3, -0.25) is 4.57 Å². The summed E-state index contributed by atoms with van der Waals surface area (Å²) in [6, 6.07) is -0.525. The number of ether oxygens (including phenoxy) is 1. The zero-order valence-electron chi connectivity index (χ0n) is 9.35. The Labute approximate surface area is 92.8 Å². The van der Waals surface area contributed by atoms with E-state index in [1.54, 1.807) is 20.8 Å². The van der Waals surface area contributed by atoms with E-state index in [1.807, 2.05) is 0 Å². The summed E-state index contributed by atoms with van der Waals surface area (Å²) in [5.41, 5.74) is 3.68. The standard InChI is InChI=1S/C9H14N4O3/c1-9(2,3)16-8(15)12-11-7(14)13-5-4-10-6-13/h4-6H,1-3H3,(H,11,14)(H,12,15).